The molecule has 2 aliphatic rings. The molecule has 0 N–H and O–H groups in total. The Morgan fingerprint density at radius 2 is 1.69 bits per heavy atom. The first kappa shape index (κ1) is 9.77. The van der Waals surface area contributed by atoms with E-state index in [1.807, 2.05) is 0 Å². The second-order valence-electron chi connectivity index (χ2n) is 4.99. The first-order chi connectivity index (χ1) is 7.63. The second kappa shape index (κ2) is 3.04. The zero-order chi connectivity index (χ0) is 11.4. The molecule has 0 fully saturated rings. The number of benzene rings is 1. The lowest BCUT2D eigenvalue weighted by Gasteiger charge is -2.34. The lowest BCUT2D eigenvalue weighted by molar-refractivity contribution is 0.862. The van der Waals surface area contributed by atoms with Crippen molar-refractivity contribution in [2.24, 2.45) is 0 Å². The molecule has 0 bridgehead atoms. The summed E-state index contributed by atoms with van der Waals surface area (Å²) in [6.07, 6.45) is 0. The summed E-state index contributed by atoms with van der Waals surface area (Å²) in [6, 6.07) is 8.82. The fraction of sp³-hybridized carbons (Fsp3) is 0.312. The van der Waals surface area contributed by atoms with Gasteiger partial charge in [-0.2, -0.15) is 0 Å². The lowest BCUT2D eigenvalue weighted by atomic mass is 9.61. The third kappa shape index (κ3) is 0.974. The molecule has 80 valence electrons. The van der Waals surface area contributed by atoms with Gasteiger partial charge >= 0.3 is 0 Å². The molecular formula is C16H17+. The molecule has 0 heterocycles. The molecule has 1 aromatic carbocycles. The second-order valence-corrected chi connectivity index (χ2v) is 4.99. The van der Waals surface area contributed by atoms with E-state index in [1.54, 1.807) is 5.57 Å². The maximum atomic E-state index is 2.28. The average Bonchev–Trinajstić information content (AvgIpc) is 2.27. The maximum absolute atomic E-state index is 2.28. The highest BCUT2D eigenvalue weighted by Crippen LogP contribution is 2.57. The number of allylic oxidation sites excluding steroid dienone is 4. The predicted molar refractivity (Wildman–Crippen MR) is 69.1 cm³/mol. The normalized spacial score (nSPS) is 23.0. The van der Waals surface area contributed by atoms with Crippen LogP contribution >= 0.6 is 0 Å². The highest BCUT2D eigenvalue weighted by atomic mass is 14.4. The van der Waals surface area contributed by atoms with Crippen molar-refractivity contribution in [2.45, 2.75) is 33.6 Å². The fourth-order valence-corrected chi connectivity index (χ4v) is 3.09. The Kier molecular flexibility index (Phi) is 1.85. The van der Waals surface area contributed by atoms with Gasteiger partial charge in [-0.25, -0.2) is 0 Å². The van der Waals surface area contributed by atoms with Crippen LogP contribution in [0, 0.1) is 5.92 Å². The molecule has 0 saturated carbocycles. The quantitative estimate of drug-likeness (QED) is 0.552. The zero-order valence-corrected chi connectivity index (χ0v) is 10.4. The van der Waals surface area contributed by atoms with Gasteiger partial charge in [0.25, 0.3) is 0 Å². The molecule has 3 rings (SSSR count). The number of hydrogen-bond acceptors (Lipinski definition) is 0. The summed E-state index contributed by atoms with van der Waals surface area (Å²) < 4.78 is 0. The predicted octanol–water partition coefficient (Wildman–Crippen LogP) is 4.50. The van der Waals surface area contributed by atoms with E-state index in [-0.39, 0.29) is 0 Å². The fourth-order valence-electron chi connectivity index (χ4n) is 3.09. The lowest BCUT2D eigenvalue weighted by Crippen LogP contribution is -2.24. The molecule has 0 spiro atoms. The third-order valence-electron chi connectivity index (χ3n) is 4.40. The molecular weight excluding hydrogens is 192 g/mol. The highest BCUT2D eigenvalue weighted by Gasteiger charge is 2.46. The van der Waals surface area contributed by atoms with Gasteiger partial charge in [-0.15, -0.1) is 0 Å². The Labute approximate surface area is 97.7 Å². The Morgan fingerprint density at radius 1 is 1.00 bits per heavy atom. The van der Waals surface area contributed by atoms with E-state index in [1.165, 1.54) is 33.8 Å². The van der Waals surface area contributed by atoms with Gasteiger partial charge in [0, 0.05) is 30.5 Å². The van der Waals surface area contributed by atoms with Crippen LogP contribution in [-0.2, 0) is 0 Å². The summed E-state index contributed by atoms with van der Waals surface area (Å²) in [4.78, 5) is 0. The van der Waals surface area contributed by atoms with Gasteiger partial charge in [0.05, 0.1) is 22.6 Å². The van der Waals surface area contributed by atoms with Crippen molar-refractivity contribution in [1.29, 1.82) is 0 Å². The molecule has 1 atom stereocenters. The van der Waals surface area contributed by atoms with Gasteiger partial charge in [0.1, 0.15) is 5.92 Å². The van der Waals surface area contributed by atoms with Crippen LogP contribution in [0.15, 0.2) is 41.0 Å². The first-order valence-corrected chi connectivity index (χ1v) is 5.94. The Morgan fingerprint density at radius 3 is 2.44 bits per heavy atom. The van der Waals surface area contributed by atoms with Crippen LogP contribution in [-0.4, -0.2) is 0 Å². The van der Waals surface area contributed by atoms with Crippen LogP contribution in [0.1, 0.15) is 44.7 Å². The molecule has 0 radical (unpaired) electrons. The van der Waals surface area contributed by atoms with E-state index in [2.05, 4.69) is 52.0 Å². The Bertz CT molecular complexity index is 529. The topological polar surface area (TPSA) is 0 Å². The summed E-state index contributed by atoms with van der Waals surface area (Å²) in [5, 5.41) is 0. The van der Waals surface area contributed by atoms with Gasteiger partial charge in [-0.1, -0.05) is 18.2 Å². The summed E-state index contributed by atoms with van der Waals surface area (Å²) in [5.74, 6) is 2.05. The van der Waals surface area contributed by atoms with Gasteiger partial charge in [-0.3, -0.25) is 0 Å². The molecule has 16 heavy (non-hydrogen) atoms. The minimum atomic E-state index is 0.583. The molecule has 0 saturated heterocycles. The van der Waals surface area contributed by atoms with Gasteiger partial charge < -0.3 is 0 Å². The number of rotatable bonds is 0. The summed E-state index contributed by atoms with van der Waals surface area (Å²) in [5.41, 5.74) is 9.07. The van der Waals surface area contributed by atoms with E-state index in [4.69, 9.17) is 0 Å². The van der Waals surface area contributed by atoms with E-state index < -0.39 is 0 Å². The molecule has 1 aromatic rings. The largest absolute Gasteiger partial charge is 0.120 e. The third-order valence-corrected chi connectivity index (χ3v) is 4.40. The van der Waals surface area contributed by atoms with Crippen LogP contribution in [0.4, 0.5) is 0 Å². The smallest absolute Gasteiger partial charge is 0.0617 e. The molecule has 0 amide bonds. The highest BCUT2D eigenvalue weighted by molar-refractivity contribution is 5.92. The first-order valence-electron chi connectivity index (χ1n) is 5.94. The van der Waals surface area contributed by atoms with Crippen LogP contribution in [0.3, 0.4) is 0 Å². The van der Waals surface area contributed by atoms with Gasteiger partial charge in [0.2, 0.25) is 0 Å². The van der Waals surface area contributed by atoms with Crippen molar-refractivity contribution in [2.75, 3.05) is 0 Å². The summed E-state index contributed by atoms with van der Waals surface area (Å²) in [7, 11) is 0. The van der Waals surface area contributed by atoms with Crippen LogP contribution in [0.25, 0.3) is 5.57 Å². The molecule has 0 nitrogen and oxygen atoms in total. The minimum Gasteiger partial charge on any atom is -0.0617 e. The van der Waals surface area contributed by atoms with Crippen molar-refractivity contribution in [1.82, 2.24) is 0 Å². The van der Waals surface area contributed by atoms with Crippen LogP contribution in [0.5, 0.6) is 0 Å². The van der Waals surface area contributed by atoms with E-state index >= 15 is 0 Å². The van der Waals surface area contributed by atoms with Crippen molar-refractivity contribution in [3.05, 3.63) is 58.0 Å². The maximum Gasteiger partial charge on any atom is 0.120 e. The molecule has 1 unspecified atom stereocenters. The summed E-state index contributed by atoms with van der Waals surface area (Å²) >= 11 is 0. The Balaban J connectivity index is 2.26. The Hall–Kier alpha value is -1.43. The van der Waals surface area contributed by atoms with Crippen molar-refractivity contribution >= 4 is 5.57 Å². The molecule has 0 aliphatic heterocycles. The van der Waals surface area contributed by atoms with Crippen molar-refractivity contribution in [3.63, 3.8) is 0 Å². The standard InChI is InChI=1S/C16H17/c1-9-10(2)12(4)16-14-8-6-5-7-13(14)15(16)11(9)3/h5-8,15H,1-4H3/q+1. The molecule has 0 heteroatoms. The average molecular weight is 209 g/mol. The molecule has 2 aliphatic carbocycles. The number of fused-ring (bicyclic) bond motifs is 4. The minimum absolute atomic E-state index is 0.583. The van der Waals surface area contributed by atoms with E-state index in [0.717, 1.165) is 0 Å². The molecule has 0 aromatic heterocycles. The number of hydrogen-bond donors (Lipinski definition) is 0. The zero-order valence-electron chi connectivity index (χ0n) is 10.4. The van der Waals surface area contributed by atoms with Crippen LogP contribution < -0.4 is 0 Å². The SMILES string of the molecule is CC1=C(C)C2C(=C(C)[C+]1C)c1ccccc12. The summed E-state index contributed by atoms with van der Waals surface area (Å²) in [6.45, 7) is 9.06. The van der Waals surface area contributed by atoms with E-state index in [9.17, 15) is 0 Å². The van der Waals surface area contributed by atoms with Crippen molar-refractivity contribution < 1.29 is 0 Å². The monoisotopic (exact) mass is 209 g/mol. The van der Waals surface area contributed by atoms with Crippen molar-refractivity contribution in [3.8, 4) is 0 Å². The van der Waals surface area contributed by atoms with Crippen LogP contribution in [0.2, 0.25) is 0 Å². The van der Waals surface area contributed by atoms with E-state index in [0.29, 0.717) is 5.92 Å². The van der Waals surface area contributed by atoms with Gasteiger partial charge in [0.15, 0.2) is 0 Å². The van der Waals surface area contributed by atoms with Gasteiger partial charge in [-0.05, 0) is 19.9 Å².